The summed E-state index contributed by atoms with van der Waals surface area (Å²) < 4.78 is 48.0. The molecule has 0 bridgehead atoms. The molecule has 4 nitrogen and oxygen atoms in total. The SMILES string of the molecule is CC(C)Oc1cc2ccccc2cc1[C@H](N1CC(C)(C)C(=O)N1)C(F)(F)F. The van der Waals surface area contributed by atoms with Gasteiger partial charge in [-0.2, -0.15) is 13.2 Å². The maximum Gasteiger partial charge on any atom is 0.410 e. The number of hydrogen-bond donors (Lipinski definition) is 1. The number of carbonyl (C=O) groups excluding carboxylic acids is 1. The van der Waals surface area contributed by atoms with Crippen LogP contribution in [-0.2, 0) is 4.79 Å². The third-order valence-corrected chi connectivity index (χ3v) is 4.58. The predicted octanol–water partition coefficient (Wildman–Crippen LogP) is 4.60. The number of benzene rings is 2. The molecule has 1 aliphatic heterocycles. The first kappa shape index (κ1) is 19.5. The van der Waals surface area contributed by atoms with Crippen LogP contribution in [0.15, 0.2) is 36.4 Å². The minimum atomic E-state index is -4.59. The van der Waals surface area contributed by atoms with Gasteiger partial charge in [-0.3, -0.25) is 10.2 Å². The summed E-state index contributed by atoms with van der Waals surface area (Å²) in [6.07, 6.45) is -4.88. The molecule has 146 valence electrons. The van der Waals surface area contributed by atoms with Crippen molar-refractivity contribution in [2.24, 2.45) is 5.41 Å². The average Bonchev–Trinajstić information content (AvgIpc) is 2.78. The van der Waals surface area contributed by atoms with Crippen LogP contribution in [0.25, 0.3) is 10.8 Å². The molecule has 0 radical (unpaired) electrons. The quantitative estimate of drug-likeness (QED) is 0.843. The summed E-state index contributed by atoms with van der Waals surface area (Å²) in [6, 6.07) is 8.33. The molecule has 1 N–H and O–H groups in total. The standard InChI is InChI=1S/C20H23F3N2O2/c1-12(2)27-16-10-14-8-6-5-7-13(14)9-15(16)17(20(21,22)23)25-11-19(3,4)18(26)24-25/h5-10,12,17H,11H2,1-4H3,(H,24,26)/t17-/m0/s1. The van der Waals surface area contributed by atoms with Gasteiger partial charge in [0.15, 0.2) is 6.04 Å². The van der Waals surface area contributed by atoms with E-state index in [2.05, 4.69) is 5.43 Å². The zero-order valence-electron chi connectivity index (χ0n) is 15.7. The molecule has 1 saturated heterocycles. The van der Waals surface area contributed by atoms with Crippen molar-refractivity contribution in [1.82, 2.24) is 10.4 Å². The van der Waals surface area contributed by atoms with Crippen molar-refractivity contribution in [3.8, 4) is 5.75 Å². The van der Waals surface area contributed by atoms with E-state index in [9.17, 15) is 18.0 Å². The molecule has 0 aromatic heterocycles. The summed E-state index contributed by atoms with van der Waals surface area (Å²) in [5, 5.41) is 2.45. The first-order valence-electron chi connectivity index (χ1n) is 8.83. The van der Waals surface area contributed by atoms with Crippen LogP contribution in [0.3, 0.4) is 0 Å². The van der Waals surface area contributed by atoms with Gasteiger partial charge < -0.3 is 4.74 Å². The lowest BCUT2D eigenvalue weighted by molar-refractivity contribution is -0.192. The van der Waals surface area contributed by atoms with Crippen molar-refractivity contribution in [3.63, 3.8) is 0 Å². The fourth-order valence-corrected chi connectivity index (χ4v) is 3.30. The topological polar surface area (TPSA) is 41.6 Å². The van der Waals surface area contributed by atoms with Gasteiger partial charge in [0.05, 0.1) is 11.5 Å². The van der Waals surface area contributed by atoms with Gasteiger partial charge in [0.25, 0.3) is 0 Å². The maximum atomic E-state index is 14.1. The highest BCUT2D eigenvalue weighted by Gasteiger charge is 2.52. The van der Waals surface area contributed by atoms with Crippen LogP contribution >= 0.6 is 0 Å². The van der Waals surface area contributed by atoms with E-state index in [1.54, 1.807) is 45.9 Å². The maximum absolute atomic E-state index is 14.1. The summed E-state index contributed by atoms with van der Waals surface area (Å²) in [7, 11) is 0. The zero-order chi connectivity index (χ0) is 20.0. The van der Waals surface area contributed by atoms with Gasteiger partial charge in [-0.25, -0.2) is 5.01 Å². The zero-order valence-corrected chi connectivity index (χ0v) is 15.7. The normalized spacial score (nSPS) is 18.7. The van der Waals surface area contributed by atoms with Crippen LogP contribution in [0.1, 0.15) is 39.3 Å². The molecule has 0 saturated carbocycles. The number of fused-ring (bicyclic) bond motifs is 1. The van der Waals surface area contributed by atoms with Crippen molar-refractivity contribution >= 4 is 16.7 Å². The summed E-state index contributed by atoms with van der Waals surface area (Å²) in [6.45, 7) is 6.73. The second-order valence-electron chi connectivity index (χ2n) is 7.80. The molecular weight excluding hydrogens is 357 g/mol. The predicted molar refractivity (Wildman–Crippen MR) is 97.1 cm³/mol. The number of hydrazine groups is 1. The number of amides is 1. The number of halogens is 3. The van der Waals surface area contributed by atoms with Crippen LogP contribution < -0.4 is 10.2 Å². The molecule has 27 heavy (non-hydrogen) atoms. The van der Waals surface area contributed by atoms with Gasteiger partial charge in [-0.1, -0.05) is 24.3 Å². The van der Waals surface area contributed by atoms with Crippen LogP contribution in [0, 0.1) is 5.41 Å². The second-order valence-corrected chi connectivity index (χ2v) is 7.80. The summed E-state index contributed by atoms with van der Waals surface area (Å²) in [5.74, 6) is -0.256. The van der Waals surface area contributed by atoms with Crippen molar-refractivity contribution in [2.75, 3.05) is 6.54 Å². The Morgan fingerprint density at radius 2 is 1.74 bits per heavy atom. The van der Waals surface area contributed by atoms with Crippen molar-refractivity contribution in [1.29, 1.82) is 0 Å². The van der Waals surface area contributed by atoms with Crippen molar-refractivity contribution in [3.05, 3.63) is 42.0 Å². The number of nitrogens with zero attached hydrogens (tertiary/aromatic N) is 1. The summed E-state index contributed by atoms with van der Waals surface area (Å²) >= 11 is 0. The minimum Gasteiger partial charge on any atom is -0.491 e. The summed E-state index contributed by atoms with van der Waals surface area (Å²) in [5.41, 5.74) is 1.49. The fourth-order valence-electron chi connectivity index (χ4n) is 3.30. The number of nitrogens with one attached hydrogen (secondary N) is 1. The van der Waals surface area contributed by atoms with Crippen molar-refractivity contribution < 1.29 is 22.7 Å². The molecule has 3 rings (SSSR count). The summed E-state index contributed by atoms with van der Waals surface area (Å²) in [4.78, 5) is 12.1. The second kappa shape index (κ2) is 6.71. The van der Waals surface area contributed by atoms with Crippen LogP contribution in [0.2, 0.25) is 0 Å². The Morgan fingerprint density at radius 3 is 2.22 bits per heavy atom. The average molecular weight is 380 g/mol. The Bertz CT molecular complexity index is 862. The monoisotopic (exact) mass is 380 g/mol. The highest BCUT2D eigenvalue weighted by molar-refractivity contribution is 5.86. The number of alkyl halides is 3. The Kier molecular flexibility index (Phi) is 4.84. The molecule has 1 amide bonds. The van der Waals surface area contributed by atoms with Crippen molar-refractivity contribution in [2.45, 2.75) is 46.0 Å². The highest BCUT2D eigenvalue weighted by Crippen LogP contribution is 2.45. The molecule has 1 atom stereocenters. The lowest BCUT2D eigenvalue weighted by Gasteiger charge is -2.31. The number of carbonyl (C=O) groups is 1. The van der Waals surface area contributed by atoms with Crippen LogP contribution in [0.4, 0.5) is 13.2 Å². The number of ether oxygens (including phenoxy) is 1. The van der Waals surface area contributed by atoms with E-state index in [-0.39, 0.29) is 24.0 Å². The van der Waals surface area contributed by atoms with E-state index < -0.39 is 23.5 Å². The van der Waals surface area contributed by atoms with Gasteiger partial charge in [0.1, 0.15) is 5.75 Å². The molecule has 0 spiro atoms. The Balaban J connectivity index is 2.16. The third-order valence-electron chi connectivity index (χ3n) is 4.58. The first-order chi connectivity index (χ1) is 12.5. The number of rotatable bonds is 4. The molecular formula is C20H23F3N2O2. The highest BCUT2D eigenvalue weighted by atomic mass is 19.4. The van der Waals surface area contributed by atoms with E-state index >= 15 is 0 Å². The number of hydrogen-bond acceptors (Lipinski definition) is 3. The third kappa shape index (κ3) is 3.88. The molecule has 7 heteroatoms. The molecule has 1 fully saturated rings. The molecule has 1 aliphatic rings. The largest absolute Gasteiger partial charge is 0.491 e. The van der Waals surface area contributed by atoms with Gasteiger partial charge in [0, 0.05) is 12.1 Å². The smallest absolute Gasteiger partial charge is 0.410 e. The lowest BCUT2D eigenvalue weighted by atomic mass is 9.93. The van der Waals surface area contributed by atoms with Gasteiger partial charge in [-0.15, -0.1) is 0 Å². The molecule has 1 heterocycles. The minimum absolute atomic E-state index is 0.00657. The lowest BCUT2D eigenvalue weighted by Crippen LogP contribution is -2.43. The van der Waals surface area contributed by atoms with E-state index in [1.807, 2.05) is 12.1 Å². The Morgan fingerprint density at radius 1 is 1.15 bits per heavy atom. The van der Waals surface area contributed by atoms with E-state index in [0.717, 1.165) is 10.4 Å². The molecule has 2 aromatic carbocycles. The fraction of sp³-hybridized carbons (Fsp3) is 0.450. The van der Waals surface area contributed by atoms with Crippen LogP contribution in [-0.4, -0.2) is 29.7 Å². The van der Waals surface area contributed by atoms with Gasteiger partial charge >= 0.3 is 6.18 Å². The Labute approximate surface area is 156 Å². The molecule has 0 aliphatic carbocycles. The van der Waals surface area contributed by atoms with Crippen LogP contribution in [0.5, 0.6) is 5.75 Å². The van der Waals surface area contributed by atoms with E-state index in [1.165, 1.54) is 6.07 Å². The molecule has 0 unspecified atom stereocenters. The Hall–Kier alpha value is -2.28. The van der Waals surface area contributed by atoms with E-state index in [4.69, 9.17) is 4.74 Å². The van der Waals surface area contributed by atoms with Gasteiger partial charge in [-0.05, 0) is 50.6 Å². The van der Waals surface area contributed by atoms with Gasteiger partial charge in [0.2, 0.25) is 5.91 Å². The molecule has 2 aromatic rings. The van der Waals surface area contributed by atoms with E-state index in [0.29, 0.717) is 5.39 Å². The first-order valence-corrected chi connectivity index (χ1v) is 8.83.